The number of methoxy groups -OCH3 is 1. The first-order valence-electron chi connectivity index (χ1n) is 9.67. The van der Waals surface area contributed by atoms with Gasteiger partial charge < -0.3 is 9.47 Å². The molecule has 0 atom stereocenters. The molecule has 0 bridgehead atoms. The number of nitrogens with zero attached hydrogens (tertiary/aromatic N) is 4. The van der Waals surface area contributed by atoms with E-state index in [-0.39, 0.29) is 0 Å². The van der Waals surface area contributed by atoms with Crippen LogP contribution in [0.25, 0.3) is 0 Å². The lowest BCUT2D eigenvalue weighted by molar-refractivity contribution is 0.273. The lowest BCUT2D eigenvalue weighted by Crippen LogP contribution is -2.03. The Labute approximate surface area is 186 Å². The van der Waals surface area contributed by atoms with Crippen molar-refractivity contribution in [2.75, 3.05) is 13.7 Å². The van der Waals surface area contributed by atoms with Gasteiger partial charge in [-0.25, -0.2) is 0 Å². The Morgan fingerprint density at radius 3 is 2.70 bits per heavy atom. The second-order valence-electron chi connectivity index (χ2n) is 7.06. The standard InChI is InChI=1S/C22H25ClN4O2S/c1-16(2)10-11-29-20-9-6-18(12-21(20)28-3)13-25-27-15-24-26-22(27)30-14-17-4-7-19(23)8-5-17/h4-9,12-13,15-16H,10-11,14H2,1-3H3/b25-13+. The molecule has 1 heterocycles. The first-order chi connectivity index (χ1) is 14.5. The molecule has 2 aromatic carbocycles. The summed E-state index contributed by atoms with van der Waals surface area (Å²) < 4.78 is 13.0. The van der Waals surface area contributed by atoms with Crippen LogP contribution in [0.2, 0.25) is 5.02 Å². The Morgan fingerprint density at radius 2 is 1.97 bits per heavy atom. The van der Waals surface area contributed by atoms with Gasteiger partial charge in [0.2, 0.25) is 5.16 Å². The van der Waals surface area contributed by atoms with Crippen LogP contribution in [0.1, 0.15) is 31.4 Å². The summed E-state index contributed by atoms with van der Waals surface area (Å²) in [6.45, 7) is 5.01. The molecule has 8 heteroatoms. The number of rotatable bonds is 10. The van der Waals surface area contributed by atoms with Crippen LogP contribution in [0.15, 0.2) is 59.0 Å². The van der Waals surface area contributed by atoms with E-state index >= 15 is 0 Å². The number of ether oxygens (including phenoxy) is 2. The molecule has 0 amide bonds. The molecule has 0 fully saturated rings. The Morgan fingerprint density at radius 1 is 1.17 bits per heavy atom. The number of hydrogen-bond acceptors (Lipinski definition) is 6. The normalized spacial score (nSPS) is 11.4. The summed E-state index contributed by atoms with van der Waals surface area (Å²) in [5.74, 6) is 2.77. The summed E-state index contributed by atoms with van der Waals surface area (Å²) in [4.78, 5) is 0. The average molecular weight is 445 g/mol. The van der Waals surface area contributed by atoms with E-state index in [2.05, 4.69) is 29.1 Å². The molecule has 3 aromatic rings. The van der Waals surface area contributed by atoms with E-state index in [0.717, 1.165) is 34.1 Å². The third kappa shape index (κ3) is 6.50. The molecule has 6 nitrogen and oxygen atoms in total. The Kier molecular flexibility index (Phi) is 8.16. The Balaban J connectivity index is 1.64. The first-order valence-corrected chi connectivity index (χ1v) is 11.0. The summed E-state index contributed by atoms with van der Waals surface area (Å²) in [5, 5.41) is 14.0. The zero-order chi connectivity index (χ0) is 21.3. The summed E-state index contributed by atoms with van der Waals surface area (Å²) >= 11 is 7.49. The van der Waals surface area contributed by atoms with Gasteiger partial charge in [-0.1, -0.05) is 49.3 Å². The van der Waals surface area contributed by atoms with Crippen molar-refractivity contribution in [3.63, 3.8) is 0 Å². The van der Waals surface area contributed by atoms with Crippen LogP contribution in [0, 0.1) is 5.92 Å². The third-order valence-corrected chi connectivity index (χ3v) is 5.51. The zero-order valence-electron chi connectivity index (χ0n) is 17.3. The number of aromatic nitrogens is 3. The summed E-state index contributed by atoms with van der Waals surface area (Å²) in [6, 6.07) is 13.5. The third-order valence-electron chi connectivity index (χ3n) is 4.25. The van der Waals surface area contributed by atoms with Gasteiger partial charge in [0, 0.05) is 10.8 Å². The van der Waals surface area contributed by atoms with E-state index in [1.165, 1.54) is 0 Å². The van der Waals surface area contributed by atoms with Gasteiger partial charge in [-0.3, -0.25) is 0 Å². The molecule has 0 unspecified atom stereocenters. The van der Waals surface area contributed by atoms with Crippen LogP contribution < -0.4 is 9.47 Å². The highest BCUT2D eigenvalue weighted by Crippen LogP contribution is 2.28. The van der Waals surface area contributed by atoms with Crippen molar-refractivity contribution >= 4 is 29.6 Å². The molecule has 0 N–H and O–H groups in total. The molecule has 0 aliphatic heterocycles. The highest BCUT2D eigenvalue weighted by molar-refractivity contribution is 7.98. The molecule has 3 rings (SSSR count). The Bertz CT molecular complexity index is 974. The van der Waals surface area contributed by atoms with E-state index in [4.69, 9.17) is 21.1 Å². The smallest absolute Gasteiger partial charge is 0.212 e. The van der Waals surface area contributed by atoms with Gasteiger partial charge in [-0.15, -0.1) is 10.2 Å². The second kappa shape index (κ2) is 11.0. The van der Waals surface area contributed by atoms with Crippen molar-refractivity contribution in [2.24, 2.45) is 11.0 Å². The van der Waals surface area contributed by atoms with Crippen molar-refractivity contribution in [1.29, 1.82) is 0 Å². The fraction of sp³-hybridized carbons (Fsp3) is 0.318. The van der Waals surface area contributed by atoms with Crippen molar-refractivity contribution in [3.8, 4) is 11.5 Å². The second-order valence-corrected chi connectivity index (χ2v) is 8.44. The first kappa shape index (κ1) is 22.2. The highest BCUT2D eigenvalue weighted by Gasteiger charge is 2.07. The quantitative estimate of drug-likeness (QED) is 0.303. The monoisotopic (exact) mass is 444 g/mol. The molecule has 158 valence electrons. The van der Waals surface area contributed by atoms with E-state index in [9.17, 15) is 0 Å². The van der Waals surface area contributed by atoms with Gasteiger partial charge in [0.15, 0.2) is 11.5 Å². The molecule has 1 aromatic heterocycles. The SMILES string of the molecule is COc1cc(/C=N/n2cnnc2SCc2ccc(Cl)cc2)ccc1OCCC(C)C. The molecular formula is C22H25ClN4O2S. The maximum atomic E-state index is 5.94. The van der Waals surface area contributed by atoms with Gasteiger partial charge in [0.05, 0.1) is 19.9 Å². The van der Waals surface area contributed by atoms with E-state index < -0.39 is 0 Å². The van der Waals surface area contributed by atoms with Crippen LogP contribution in [0.3, 0.4) is 0 Å². The molecule has 30 heavy (non-hydrogen) atoms. The maximum Gasteiger partial charge on any atom is 0.212 e. The maximum absolute atomic E-state index is 5.94. The highest BCUT2D eigenvalue weighted by atomic mass is 35.5. The minimum absolute atomic E-state index is 0.595. The molecule has 0 aliphatic rings. The summed E-state index contributed by atoms with van der Waals surface area (Å²) in [7, 11) is 1.64. The molecule has 0 spiro atoms. The molecule has 0 radical (unpaired) electrons. The Hall–Kier alpha value is -2.51. The van der Waals surface area contributed by atoms with Crippen LogP contribution in [-0.2, 0) is 5.75 Å². The van der Waals surface area contributed by atoms with Gasteiger partial charge in [0.1, 0.15) is 6.33 Å². The lowest BCUT2D eigenvalue weighted by Gasteiger charge is -2.12. The zero-order valence-corrected chi connectivity index (χ0v) is 18.9. The molecule has 0 saturated heterocycles. The minimum atomic E-state index is 0.595. The summed E-state index contributed by atoms with van der Waals surface area (Å²) in [5.41, 5.74) is 2.05. The van der Waals surface area contributed by atoms with Crippen LogP contribution in [0.4, 0.5) is 0 Å². The van der Waals surface area contributed by atoms with Crippen LogP contribution in [-0.4, -0.2) is 34.8 Å². The van der Waals surface area contributed by atoms with Gasteiger partial charge >= 0.3 is 0 Å². The van der Waals surface area contributed by atoms with E-state index in [1.54, 1.807) is 36.1 Å². The van der Waals surface area contributed by atoms with Crippen molar-refractivity contribution in [1.82, 2.24) is 14.9 Å². The predicted molar refractivity (Wildman–Crippen MR) is 122 cm³/mol. The largest absolute Gasteiger partial charge is 0.493 e. The van der Waals surface area contributed by atoms with Crippen molar-refractivity contribution in [3.05, 3.63) is 64.9 Å². The number of benzene rings is 2. The topological polar surface area (TPSA) is 61.5 Å². The fourth-order valence-corrected chi connectivity index (χ4v) is 3.48. The number of hydrogen-bond donors (Lipinski definition) is 0. The molecule has 0 saturated carbocycles. The molecular weight excluding hydrogens is 420 g/mol. The van der Waals surface area contributed by atoms with E-state index in [0.29, 0.717) is 23.4 Å². The minimum Gasteiger partial charge on any atom is -0.493 e. The molecule has 0 aliphatic carbocycles. The van der Waals surface area contributed by atoms with Crippen molar-refractivity contribution < 1.29 is 9.47 Å². The lowest BCUT2D eigenvalue weighted by atomic mass is 10.1. The number of thioether (sulfide) groups is 1. The number of halogens is 1. The average Bonchev–Trinajstić information content (AvgIpc) is 3.19. The van der Waals surface area contributed by atoms with Gasteiger partial charge in [-0.05, 0) is 53.8 Å². The predicted octanol–water partition coefficient (Wildman–Crippen LogP) is 5.54. The van der Waals surface area contributed by atoms with E-state index in [1.807, 2.05) is 42.5 Å². The van der Waals surface area contributed by atoms with Gasteiger partial charge in [0.25, 0.3) is 0 Å². The van der Waals surface area contributed by atoms with Gasteiger partial charge in [-0.2, -0.15) is 9.78 Å². The van der Waals surface area contributed by atoms with Crippen molar-refractivity contribution in [2.45, 2.75) is 31.2 Å². The van der Waals surface area contributed by atoms with Crippen LogP contribution >= 0.6 is 23.4 Å². The van der Waals surface area contributed by atoms with Crippen LogP contribution in [0.5, 0.6) is 11.5 Å². The fourth-order valence-electron chi connectivity index (χ4n) is 2.54. The summed E-state index contributed by atoms with van der Waals surface area (Å²) in [6.07, 6.45) is 4.33.